The van der Waals surface area contributed by atoms with E-state index in [0.29, 0.717) is 23.8 Å². The molecule has 2 aromatic rings. The van der Waals surface area contributed by atoms with E-state index in [4.69, 9.17) is 14.2 Å². The lowest BCUT2D eigenvalue weighted by atomic mass is 10.2. The van der Waals surface area contributed by atoms with E-state index < -0.39 is 29.9 Å². The molecule has 2 aromatic carbocycles. The second kappa shape index (κ2) is 9.05. The predicted octanol–water partition coefficient (Wildman–Crippen LogP) is 3.97. The smallest absolute Gasteiger partial charge is 0.416 e. The SMILES string of the molecule is CCOC(=O)COc1ccc(SCC23NN(c4ccc(C(F)(F)F)cc4)C(O2)N3C)cc1C. The van der Waals surface area contributed by atoms with E-state index in [1.54, 1.807) is 29.8 Å². The topological polar surface area (TPSA) is 63.3 Å². The molecule has 2 bridgehead atoms. The highest BCUT2D eigenvalue weighted by Crippen LogP contribution is 2.44. The molecule has 0 radical (unpaired) electrons. The number of carbonyl (C=O) groups excluding carboxylic acids is 1. The monoisotopic (exact) mass is 483 g/mol. The van der Waals surface area contributed by atoms with Crippen LogP contribution in [-0.2, 0) is 20.4 Å². The maximum Gasteiger partial charge on any atom is 0.416 e. The van der Waals surface area contributed by atoms with Crippen molar-refractivity contribution in [3.05, 3.63) is 53.6 Å². The van der Waals surface area contributed by atoms with Crippen LogP contribution in [0.1, 0.15) is 18.1 Å². The van der Waals surface area contributed by atoms with Gasteiger partial charge in [0.15, 0.2) is 6.61 Å². The summed E-state index contributed by atoms with van der Waals surface area (Å²) >= 11 is 1.56. The Morgan fingerprint density at radius 3 is 2.58 bits per heavy atom. The second-order valence-electron chi connectivity index (χ2n) is 7.68. The molecule has 0 aliphatic carbocycles. The van der Waals surface area contributed by atoms with Gasteiger partial charge in [-0.3, -0.25) is 5.01 Å². The number of hydrogen-bond donors (Lipinski definition) is 1. The van der Waals surface area contributed by atoms with Gasteiger partial charge in [-0.1, -0.05) is 0 Å². The Balaban J connectivity index is 1.36. The number of fused-ring (bicyclic) bond motifs is 1. The van der Waals surface area contributed by atoms with Gasteiger partial charge in [-0.05, 0) is 68.9 Å². The van der Waals surface area contributed by atoms with Gasteiger partial charge in [0.05, 0.1) is 23.6 Å². The fourth-order valence-electron chi connectivity index (χ4n) is 3.61. The van der Waals surface area contributed by atoms with Crippen molar-refractivity contribution in [2.24, 2.45) is 0 Å². The van der Waals surface area contributed by atoms with Gasteiger partial charge >= 0.3 is 12.1 Å². The number of hydrazine groups is 1. The Kier molecular flexibility index (Phi) is 6.50. The van der Waals surface area contributed by atoms with Gasteiger partial charge in [0.1, 0.15) is 5.75 Å². The molecule has 2 atom stereocenters. The summed E-state index contributed by atoms with van der Waals surface area (Å²) in [6.07, 6.45) is -4.77. The summed E-state index contributed by atoms with van der Waals surface area (Å²) < 4.78 is 54.9. The molecule has 7 nitrogen and oxygen atoms in total. The van der Waals surface area contributed by atoms with Crippen molar-refractivity contribution in [1.82, 2.24) is 10.3 Å². The first-order valence-electron chi connectivity index (χ1n) is 10.3. The number of hydrogen-bond acceptors (Lipinski definition) is 8. The molecule has 5 rings (SSSR count). The lowest BCUT2D eigenvalue weighted by Gasteiger charge is -2.45. The van der Waals surface area contributed by atoms with Gasteiger partial charge in [0, 0.05) is 4.90 Å². The van der Waals surface area contributed by atoms with E-state index in [1.165, 1.54) is 12.1 Å². The third-order valence-electron chi connectivity index (χ3n) is 5.42. The third-order valence-corrected chi connectivity index (χ3v) is 6.54. The molecular formula is C22H24F3N3O4S. The summed E-state index contributed by atoms with van der Waals surface area (Å²) in [5.41, 5.74) is 4.04. The first kappa shape index (κ1) is 23.7. The van der Waals surface area contributed by atoms with Crippen LogP contribution in [0.4, 0.5) is 18.9 Å². The number of nitrogens with zero attached hydrogens (tertiary/aromatic N) is 2. The molecule has 3 aliphatic rings. The molecule has 11 heteroatoms. The van der Waals surface area contributed by atoms with E-state index in [1.807, 2.05) is 31.0 Å². The van der Waals surface area contributed by atoms with Crippen LogP contribution >= 0.6 is 11.8 Å². The molecule has 0 spiro atoms. The van der Waals surface area contributed by atoms with Gasteiger partial charge < -0.3 is 14.2 Å². The van der Waals surface area contributed by atoms with Crippen molar-refractivity contribution in [3.63, 3.8) is 0 Å². The number of benzene rings is 2. The zero-order chi connectivity index (χ0) is 23.8. The summed E-state index contributed by atoms with van der Waals surface area (Å²) in [4.78, 5) is 14.4. The van der Waals surface area contributed by atoms with Gasteiger partial charge in [-0.25, -0.2) is 9.69 Å². The van der Waals surface area contributed by atoms with Gasteiger partial charge in [0.25, 0.3) is 0 Å². The highest BCUT2D eigenvalue weighted by molar-refractivity contribution is 7.99. The number of esters is 1. The van der Waals surface area contributed by atoms with Crippen molar-refractivity contribution in [2.75, 3.05) is 31.0 Å². The van der Waals surface area contributed by atoms with Crippen molar-refractivity contribution in [3.8, 4) is 5.75 Å². The van der Waals surface area contributed by atoms with Gasteiger partial charge in [-0.2, -0.15) is 18.6 Å². The lowest BCUT2D eigenvalue weighted by Crippen LogP contribution is -2.65. The van der Waals surface area contributed by atoms with Crippen LogP contribution in [0, 0.1) is 6.92 Å². The number of ether oxygens (including phenoxy) is 3. The molecule has 3 aliphatic heterocycles. The molecule has 3 saturated heterocycles. The average molecular weight is 484 g/mol. The fourth-order valence-corrected chi connectivity index (χ4v) is 4.73. The summed E-state index contributed by atoms with van der Waals surface area (Å²) in [6, 6.07) is 10.6. The number of nitrogens with one attached hydrogen (secondary N) is 1. The fraction of sp³-hybridized carbons (Fsp3) is 0.409. The van der Waals surface area contributed by atoms with Crippen LogP contribution < -0.4 is 15.2 Å². The summed E-state index contributed by atoms with van der Waals surface area (Å²) in [7, 11) is 1.89. The van der Waals surface area contributed by atoms with Crippen molar-refractivity contribution >= 4 is 23.4 Å². The lowest BCUT2D eigenvalue weighted by molar-refractivity contribution is -0.292. The zero-order valence-electron chi connectivity index (χ0n) is 18.3. The molecule has 3 fully saturated rings. The Bertz CT molecular complexity index is 1020. The maximum absolute atomic E-state index is 12.8. The quantitative estimate of drug-likeness (QED) is 0.447. The van der Waals surface area contributed by atoms with Crippen LogP contribution in [0.5, 0.6) is 5.75 Å². The van der Waals surface area contributed by atoms with Gasteiger partial charge in [-0.15, -0.1) is 11.8 Å². The third kappa shape index (κ3) is 4.77. The Morgan fingerprint density at radius 1 is 1.24 bits per heavy atom. The van der Waals surface area contributed by atoms with Gasteiger partial charge in [0.2, 0.25) is 12.2 Å². The van der Waals surface area contributed by atoms with E-state index in [2.05, 4.69) is 5.43 Å². The van der Waals surface area contributed by atoms with Crippen molar-refractivity contribution in [2.45, 2.75) is 37.1 Å². The molecule has 2 unspecified atom stereocenters. The Morgan fingerprint density at radius 2 is 1.97 bits per heavy atom. The molecule has 0 saturated carbocycles. The minimum atomic E-state index is -4.37. The zero-order valence-corrected chi connectivity index (χ0v) is 19.1. The Hall–Kier alpha value is -2.47. The first-order valence-corrected chi connectivity index (χ1v) is 11.3. The molecule has 0 aromatic heterocycles. The number of halogens is 3. The normalized spacial score (nSPS) is 22.2. The molecule has 0 amide bonds. The number of anilines is 1. The summed E-state index contributed by atoms with van der Waals surface area (Å²) in [5.74, 6) is -0.0286. The highest BCUT2D eigenvalue weighted by atomic mass is 32.2. The van der Waals surface area contributed by atoms with E-state index in [-0.39, 0.29) is 6.61 Å². The van der Waals surface area contributed by atoms with E-state index in [9.17, 15) is 18.0 Å². The van der Waals surface area contributed by atoms with E-state index in [0.717, 1.165) is 22.6 Å². The average Bonchev–Trinajstić information content (AvgIpc) is 3.30. The number of carbonyl (C=O) groups is 1. The molecule has 178 valence electrons. The molecule has 33 heavy (non-hydrogen) atoms. The number of aryl methyl sites for hydroxylation is 1. The van der Waals surface area contributed by atoms with Crippen LogP contribution in [0.25, 0.3) is 0 Å². The van der Waals surface area contributed by atoms with Crippen LogP contribution in [-0.4, -0.2) is 49.1 Å². The number of alkyl halides is 3. The van der Waals surface area contributed by atoms with Crippen LogP contribution in [0.3, 0.4) is 0 Å². The molecular weight excluding hydrogens is 459 g/mol. The highest BCUT2D eigenvalue weighted by Gasteiger charge is 2.62. The minimum Gasteiger partial charge on any atom is -0.482 e. The molecule has 3 heterocycles. The van der Waals surface area contributed by atoms with Crippen molar-refractivity contribution < 1.29 is 32.2 Å². The summed E-state index contributed by atoms with van der Waals surface area (Å²) in [6.45, 7) is 3.79. The number of rotatable bonds is 8. The molecule has 1 N–H and O–H groups in total. The first-order chi connectivity index (χ1) is 15.6. The predicted molar refractivity (Wildman–Crippen MR) is 116 cm³/mol. The Labute approximate surface area is 193 Å². The van der Waals surface area contributed by atoms with Crippen LogP contribution in [0.2, 0.25) is 0 Å². The standard InChI is InChI=1S/C22H24F3N3O4S/c1-4-30-19(29)12-31-18-10-9-17(11-14(18)2)33-13-21-26-28(20(32-21)27(21)3)16-7-5-15(6-8-16)22(23,24)25/h5-11,20,26H,4,12-13H2,1-3H3. The van der Waals surface area contributed by atoms with Crippen LogP contribution in [0.15, 0.2) is 47.4 Å². The number of thioether (sulfide) groups is 1. The largest absolute Gasteiger partial charge is 0.482 e. The maximum atomic E-state index is 12.8. The summed E-state index contributed by atoms with van der Waals surface area (Å²) in [5, 5.41) is 1.72. The van der Waals surface area contributed by atoms with E-state index >= 15 is 0 Å². The second-order valence-corrected chi connectivity index (χ2v) is 8.72. The van der Waals surface area contributed by atoms with Crippen molar-refractivity contribution in [1.29, 1.82) is 0 Å². The minimum absolute atomic E-state index is 0.145.